The average molecular weight is 380 g/mol. The standard InChI is InChI=1S/C23H29N3O2/c1-4-16-9-11-19(12-10-16)25-23(28)21(15(2)3)26-22(27)20-13-17-7-5-6-8-18(17)14-24-20/h5-12,15,20-21,24H,4,13-14H2,1-3H3,(H,25,28)(H,26,27)/t20-,21-/m0/s1. The van der Waals surface area contributed by atoms with Crippen LogP contribution in [-0.4, -0.2) is 23.9 Å². The number of carbonyl (C=O) groups is 2. The largest absolute Gasteiger partial charge is 0.343 e. The second-order valence-corrected chi connectivity index (χ2v) is 7.68. The molecule has 0 spiro atoms. The van der Waals surface area contributed by atoms with Crippen molar-refractivity contribution in [2.24, 2.45) is 5.92 Å². The fourth-order valence-corrected chi connectivity index (χ4v) is 3.47. The van der Waals surface area contributed by atoms with Gasteiger partial charge in [-0.25, -0.2) is 0 Å². The topological polar surface area (TPSA) is 70.2 Å². The maximum absolute atomic E-state index is 12.8. The van der Waals surface area contributed by atoms with Gasteiger partial charge >= 0.3 is 0 Å². The van der Waals surface area contributed by atoms with E-state index in [1.807, 2.05) is 50.2 Å². The van der Waals surface area contributed by atoms with Crippen LogP contribution >= 0.6 is 0 Å². The van der Waals surface area contributed by atoms with Gasteiger partial charge in [-0.1, -0.05) is 57.2 Å². The van der Waals surface area contributed by atoms with Gasteiger partial charge in [0.05, 0.1) is 6.04 Å². The molecular weight excluding hydrogens is 350 g/mol. The molecule has 1 heterocycles. The van der Waals surface area contributed by atoms with Crippen molar-refractivity contribution in [3.05, 3.63) is 65.2 Å². The molecule has 1 aliphatic heterocycles. The van der Waals surface area contributed by atoms with E-state index in [9.17, 15) is 9.59 Å². The zero-order valence-corrected chi connectivity index (χ0v) is 16.8. The Hall–Kier alpha value is -2.66. The van der Waals surface area contributed by atoms with Crippen molar-refractivity contribution in [2.45, 2.75) is 52.2 Å². The first-order valence-electron chi connectivity index (χ1n) is 9.98. The van der Waals surface area contributed by atoms with Crippen molar-refractivity contribution in [2.75, 3.05) is 5.32 Å². The van der Waals surface area contributed by atoms with Crippen LogP contribution in [0, 0.1) is 5.92 Å². The van der Waals surface area contributed by atoms with Crippen LogP contribution in [-0.2, 0) is 29.0 Å². The maximum atomic E-state index is 12.8. The van der Waals surface area contributed by atoms with Gasteiger partial charge in [0, 0.05) is 12.2 Å². The highest BCUT2D eigenvalue weighted by Crippen LogP contribution is 2.17. The molecule has 0 unspecified atom stereocenters. The van der Waals surface area contributed by atoms with Gasteiger partial charge in [-0.2, -0.15) is 0 Å². The van der Waals surface area contributed by atoms with E-state index in [0.29, 0.717) is 13.0 Å². The Morgan fingerprint density at radius 3 is 2.39 bits per heavy atom. The van der Waals surface area contributed by atoms with Crippen molar-refractivity contribution < 1.29 is 9.59 Å². The zero-order chi connectivity index (χ0) is 20.1. The van der Waals surface area contributed by atoms with Crippen LogP contribution in [0.1, 0.15) is 37.5 Å². The number of amides is 2. The summed E-state index contributed by atoms with van der Waals surface area (Å²) in [5.41, 5.74) is 4.37. The van der Waals surface area contributed by atoms with E-state index >= 15 is 0 Å². The van der Waals surface area contributed by atoms with Gasteiger partial charge < -0.3 is 16.0 Å². The number of nitrogens with one attached hydrogen (secondary N) is 3. The van der Waals surface area contributed by atoms with Gasteiger partial charge in [0.25, 0.3) is 0 Å². The third-order valence-electron chi connectivity index (χ3n) is 5.27. The molecule has 0 saturated carbocycles. The molecule has 0 bridgehead atoms. The molecule has 0 fully saturated rings. The Labute approximate surface area is 166 Å². The monoisotopic (exact) mass is 379 g/mol. The van der Waals surface area contributed by atoms with Crippen LogP contribution in [0.2, 0.25) is 0 Å². The zero-order valence-electron chi connectivity index (χ0n) is 16.8. The van der Waals surface area contributed by atoms with E-state index in [0.717, 1.165) is 12.1 Å². The first kappa shape index (κ1) is 20.1. The summed E-state index contributed by atoms with van der Waals surface area (Å²) in [7, 11) is 0. The third-order valence-corrected chi connectivity index (χ3v) is 5.27. The number of aryl methyl sites for hydroxylation is 1. The highest BCUT2D eigenvalue weighted by Gasteiger charge is 2.29. The van der Waals surface area contributed by atoms with Gasteiger partial charge in [-0.3, -0.25) is 9.59 Å². The molecule has 28 heavy (non-hydrogen) atoms. The van der Waals surface area contributed by atoms with E-state index in [4.69, 9.17) is 0 Å². The number of fused-ring (bicyclic) bond motifs is 1. The third kappa shape index (κ3) is 4.78. The quantitative estimate of drug-likeness (QED) is 0.722. The lowest BCUT2D eigenvalue weighted by atomic mass is 9.94. The molecule has 0 aliphatic carbocycles. The maximum Gasteiger partial charge on any atom is 0.247 e. The summed E-state index contributed by atoms with van der Waals surface area (Å²) in [4.78, 5) is 25.6. The second-order valence-electron chi connectivity index (χ2n) is 7.68. The lowest BCUT2D eigenvalue weighted by Gasteiger charge is -2.28. The minimum atomic E-state index is -0.586. The Balaban J connectivity index is 1.63. The molecule has 0 radical (unpaired) electrons. The fraction of sp³-hybridized carbons (Fsp3) is 0.391. The molecule has 5 heteroatoms. The molecule has 2 atom stereocenters. The minimum Gasteiger partial charge on any atom is -0.343 e. The number of rotatable bonds is 6. The molecule has 2 aromatic rings. The molecule has 2 amide bonds. The molecule has 3 rings (SSSR count). The van der Waals surface area contributed by atoms with Crippen LogP contribution in [0.25, 0.3) is 0 Å². The van der Waals surface area contributed by atoms with Crippen LogP contribution in [0.3, 0.4) is 0 Å². The molecule has 3 N–H and O–H groups in total. The number of anilines is 1. The van der Waals surface area contributed by atoms with E-state index < -0.39 is 6.04 Å². The van der Waals surface area contributed by atoms with E-state index in [2.05, 4.69) is 35.0 Å². The smallest absolute Gasteiger partial charge is 0.247 e. The highest BCUT2D eigenvalue weighted by molar-refractivity contribution is 5.98. The van der Waals surface area contributed by atoms with Crippen molar-refractivity contribution in [3.63, 3.8) is 0 Å². The van der Waals surface area contributed by atoms with Crippen LogP contribution in [0.5, 0.6) is 0 Å². The SMILES string of the molecule is CCc1ccc(NC(=O)[C@@H](NC(=O)[C@@H]2Cc3ccccc3CN2)C(C)C)cc1. The first-order valence-corrected chi connectivity index (χ1v) is 9.98. The summed E-state index contributed by atoms with van der Waals surface area (Å²) in [6.45, 7) is 6.63. The summed E-state index contributed by atoms with van der Waals surface area (Å²) in [5.74, 6) is -0.344. The van der Waals surface area contributed by atoms with Crippen LogP contribution in [0.4, 0.5) is 5.69 Å². The van der Waals surface area contributed by atoms with Gasteiger partial charge in [0.1, 0.15) is 6.04 Å². The minimum absolute atomic E-state index is 0.0188. The van der Waals surface area contributed by atoms with Crippen LogP contribution < -0.4 is 16.0 Å². The fourth-order valence-electron chi connectivity index (χ4n) is 3.47. The Morgan fingerprint density at radius 1 is 1.07 bits per heavy atom. The van der Waals surface area contributed by atoms with Gasteiger partial charge in [-0.15, -0.1) is 0 Å². The Morgan fingerprint density at radius 2 is 1.75 bits per heavy atom. The summed E-state index contributed by atoms with van der Waals surface area (Å²) in [6, 6.07) is 15.0. The van der Waals surface area contributed by atoms with Crippen LogP contribution in [0.15, 0.2) is 48.5 Å². The molecule has 2 aromatic carbocycles. The lowest BCUT2D eigenvalue weighted by Crippen LogP contribution is -2.54. The first-order chi connectivity index (χ1) is 13.5. The molecular formula is C23H29N3O2. The predicted molar refractivity (Wildman–Crippen MR) is 112 cm³/mol. The number of benzene rings is 2. The molecule has 0 saturated heterocycles. The molecule has 148 valence electrons. The van der Waals surface area contributed by atoms with E-state index in [-0.39, 0.29) is 23.8 Å². The van der Waals surface area contributed by atoms with Crippen molar-refractivity contribution in [1.82, 2.24) is 10.6 Å². The predicted octanol–water partition coefficient (Wildman–Crippen LogP) is 3.04. The number of carbonyl (C=O) groups excluding carboxylic acids is 2. The normalized spacial score (nSPS) is 16.9. The molecule has 0 aromatic heterocycles. The number of hydrogen-bond acceptors (Lipinski definition) is 3. The van der Waals surface area contributed by atoms with E-state index in [1.165, 1.54) is 16.7 Å². The van der Waals surface area contributed by atoms with E-state index in [1.54, 1.807) is 0 Å². The molecule has 1 aliphatic rings. The summed E-state index contributed by atoms with van der Waals surface area (Å²) in [6.07, 6.45) is 1.59. The Kier molecular flexibility index (Phi) is 6.47. The van der Waals surface area contributed by atoms with Crippen molar-refractivity contribution in [1.29, 1.82) is 0 Å². The summed E-state index contributed by atoms with van der Waals surface area (Å²) in [5, 5.41) is 9.15. The highest BCUT2D eigenvalue weighted by atomic mass is 16.2. The van der Waals surface area contributed by atoms with Crippen molar-refractivity contribution >= 4 is 17.5 Å². The average Bonchev–Trinajstić information content (AvgIpc) is 2.71. The number of hydrogen-bond donors (Lipinski definition) is 3. The summed E-state index contributed by atoms with van der Waals surface area (Å²) < 4.78 is 0. The Bertz CT molecular complexity index is 830. The van der Waals surface area contributed by atoms with Gasteiger partial charge in [0.15, 0.2) is 0 Å². The van der Waals surface area contributed by atoms with Crippen molar-refractivity contribution in [3.8, 4) is 0 Å². The second kappa shape index (κ2) is 9.02. The lowest BCUT2D eigenvalue weighted by molar-refractivity contribution is -0.128. The summed E-state index contributed by atoms with van der Waals surface area (Å²) >= 11 is 0. The van der Waals surface area contributed by atoms with Gasteiger partial charge in [-0.05, 0) is 47.6 Å². The van der Waals surface area contributed by atoms with Gasteiger partial charge in [0.2, 0.25) is 11.8 Å². The molecule has 5 nitrogen and oxygen atoms in total.